The van der Waals surface area contributed by atoms with Crippen molar-refractivity contribution in [1.82, 2.24) is 0 Å². The molecule has 0 aliphatic carbocycles. The smallest absolute Gasteiger partial charge is 0.545 e. The maximum absolute atomic E-state index is 10.2. The second-order valence-electron chi connectivity index (χ2n) is 4.30. The molecular formula is C17H8O8. The molecule has 8 nitrogen and oxygen atoms in total. The number of carbonyl (C=O) groups excluding carboxylic acids is 4. The Morgan fingerprint density at radius 3 is 0.640 bits per heavy atom. The van der Waals surface area contributed by atoms with Crippen LogP contribution in [0.15, 0.2) is 48.5 Å². The van der Waals surface area contributed by atoms with Crippen LogP contribution in [0.4, 0.5) is 0 Å². The van der Waals surface area contributed by atoms with E-state index in [1.54, 1.807) is 0 Å². The van der Waals surface area contributed by atoms with E-state index in [0.717, 1.165) is 48.5 Å². The number of carboxylic acids is 4. The zero-order valence-electron chi connectivity index (χ0n) is 12.4. The van der Waals surface area contributed by atoms with Crippen LogP contribution in [0.3, 0.4) is 0 Å². The van der Waals surface area contributed by atoms with E-state index in [2.05, 4.69) is 0 Å². The van der Waals surface area contributed by atoms with Crippen LogP contribution in [0.2, 0.25) is 0 Å². The Morgan fingerprint density at radius 1 is 0.440 bits per heavy atom. The van der Waals surface area contributed by atoms with Crippen molar-refractivity contribution < 1.29 is 39.6 Å². The molecule has 2 aromatic rings. The minimum absolute atomic E-state index is 0. The topological polar surface area (TPSA) is 161 Å². The van der Waals surface area contributed by atoms with Crippen LogP contribution in [0.25, 0.3) is 0 Å². The minimum atomic E-state index is -1.33. The molecule has 0 aliphatic rings. The molecule has 0 aromatic heterocycles. The molecule has 0 saturated carbocycles. The molecule has 0 atom stereocenters. The molecule has 124 valence electrons. The van der Waals surface area contributed by atoms with Gasteiger partial charge in [0.1, 0.15) is 0 Å². The Bertz CT molecular complexity index is 627. The molecule has 0 heterocycles. The minimum Gasteiger partial charge on any atom is -0.545 e. The quantitative estimate of drug-likeness (QED) is 0.565. The van der Waals surface area contributed by atoms with Gasteiger partial charge in [-0.25, -0.2) is 0 Å². The van der Waals surface area contributed by atoms with Crippen molar-refractivity contribution >= 4 is 23.9 Å². The summed E-state index contributed by atoms with van der Waals surface area (Å²) in [6.45, 7) is 0. The van der Waals surface area contributed by atoms with Crippen molar-refractivity contribution in [3.8, 4) is 0 Å². The van der Waals surface area contributed by atoms with Crippen LogP contribution in [0.1, 0.15) is 41.4 Å². The summed E-state index contributed by atoms with van der Waals surface area (Å²) in [4.78, 5) is 40.8. The van der Waals surface area contributed by atoms with Gasteiger partial charge in [-0.3, -0.25) is 0 Å². The largest absolute Gasteiger partial charge is 4.00 e. The Kier molecular flexibility index (Phi) is 8.06. The fraction of sp³-hybridized carbons (Fsp3) is 0. The number of hydrogen-bond donors (Lipinski definition) is 0. The van der Waals surface area contributed by atoms with Gasteiger partial charge in [0, 0.05) is 0 Å². The van der Waals surface area contributed by atoms with Gasteiger partial charge in [0.05, 0.1) is 23.9 Å². The first kappa shape index (κ1) is 21.3. The molecule has 0 radical (unpaired) electrons. The van der Waals surface area contributed by atoms with Gasteiger partial charge in [-0.1, -0.05) is 48.5 Å². The molecular weight excluding hydrogens is 332 g/mol. The molecule has 0 amide bonds. The van der Waals surface area contributed by atoms with Crippen LogP contribution in [-0.2, 0) is 0 Å². The number of hydrogen-bond acceptors (Lipinski definition) is 8. The molecule has 0 N–H and O–H groups in total. The van der Waals surface area contributed by atoms with E-state index in [-0.39, 0.29) is 29.7 Å². The van der Waals surface area contributed by atoms with Crippen molar-refractivity contribution in [3.63, 3.8) is 0 Å². The number of carbonyl (C=O) groups is 4. The molecule has 0 unspecified atom stereocenters. The molecule has 25 heavy (non-hydrogen) atoms. The summed E-state index contributed by atoms with van der Waals surface area (Å²) in [5.41, 5.74) is -0.222. The zero-order chi connectivity index (χ0) is 18.3. The van der Waals surface area contributed by atoms with E-state index >= 15 is 0 Å². The molecule has 2 rings (SSSR count). The Balaban J connectivity index is 0.000000443. The third-order valence-corrected chi connectivity index (χ3v) is 2.71. The van der Waals surface area contributed by atoms with Gasteiger partial charge in [0.15, 0.2) is 0 Å². The van der Waals surface area contributed by atoms with Crippen molar-refractivity contribution in [2.45, 2.75) is 0 Å². The summed E-state index contributed by atoms with van der Waals surface area (Å²) in [7, 11) is 0. The van der Waals surface area contributed by atoms with E-state index in [1.807, 2.05) is 0 Å². The third kappa shape index (κ3) is 6.53. The summed E-state index contributed by atoms with van der Waals surface area (Å²) in [6, 6.07) is 9.23. The molecule has 0 aliphatic heterocycles. The first-order valence-electron chi connectivity index (χ1n) is 6.28. The number of rotatable bonds is 4. The zero-order valence-corrected chi connectivity index (χ0v) is 12.4. The fourth-order valence-electron chi connectivity index (χ4n) is 1.48. The number of carboxylic acid groups (broad SMARTS) is 4. The van der Waals surface area contributed by atoms with Gasteiger partial charge >= 0.3 is 7.43 Å². The molecule has 0 fully saturated rings. The Morgan fingerprint density at radius 2 is 0.560 bits per heavy atom. The average molecular weight is 340 g/mol. The van der Waals surface area contributed by atoms with Gasteiger partial charge in [-0.2, -0.15) is 0 Å². The standard InChI is InChI=1S/2C8H6O4.C/c2*9-7(10)5-1-2-6(4-3-5)8(11)12;/h2*1-4H,(H,9,10)(H,11,12);/q;;+4/p-4. The fourth-order valence-corrected chi connectivity index (χ4v) is 1.48. The van der Waals surface area contributed by atoms with Gasteiger partial charge < -0.3 is 39.6 Å². The average Bonchev–Trinajstić information content (AvgIpc) is 2.55. The summed E-state index contributed by atoms with van der Waals surface area (Å²) >= 11 is 0. The molecule has 0 saturated heterocycles. The van der Waals surface area contributed by atoms with Crippen LogP contribution in [-0.4, -0.2) is 23.9 Å². The van der Waals surface area contributed by atoms with Gasteiger partial charge in [0.25, 0.3) is 0 Å². The second-order valence-corrected chi connectivity index (χ2v) is 4.30. The van der Waals surface area contributed by atoms with Crippen molar-refractivity contribution in [2.75, 3.05) is 0 Å². The summed E-state index contributed by atoms with van der Waals surface area (Å²) in [5, 5.41) is 40.8. The maximum Gasteiger partial charge on any atom is 4.00 e. The first-order valence-corrected chi connectivity index (χ1v) is 6.28. The van der Waals surface area contributed by atoms with Crippen molar-refractivity contribution in [1.29, 1.82) is 0 Å². The van der Waals surface area contributed by atoms with E-state index < -0.39 is 23.9 Å². The summed E-state index contributed by atoms with van der Waals surface area (Å²) in [5.74, 6) is -5.33. The second kappa shape index (κ2) is 9.46. The third-order valence-electron chi connectivity index (χ3n) is 2.71. The van der Waals surface area contributed by atoms with Gasteiger partial charge in [-0.15, -0.1) is 0 Å². The van der Waals surface area contributed by atoms with Gasteiger partial charge in [-0.05, 0) is 22.3 Å². The van der Waals surface area contributed by atoms with Crippen molar-refractivity contribution in [2.24, 2.45) is 0 Å². The number of aromatic carboxylic acids is 4. The molecule has 0 spiro atoms. The van der Waals surface area contributed by atoms with Crippen LogP contribution >= 0.6 is 0 Å². The van der Waals surface area contributed by atoms with Crippen LogP contribution in [0.5, 0.6) is 0 Å². The SMILES string of the molecule is O=C([O-])c1ccc(C(=O)[O-])cc1.O=C([O-])c1ccc(C(=O)[O-])cc1.[C+4]. The Labute approximate surface area is 142 Å². The van der Waals surface area contributed by atoms with Crippen LogP contribution in [0, 0.1) is 7.43 Å². The van der Waals surface area contributed by atoms with E-state index in [4.69, 9.17) is 0 Å². The summed E-state index contributed by atoms with van der Waals surface area (Å²) < 4.78 is 0. The molecule has 0 bridgehead atoms. The number of benzene rings is 2. The monoisotopic (exact) mass is 340 g/mol. The van der Waals surface area contributed by atoms with Gasteiger partial charge in [0.2, 0.25) is 0 Å². The predicted octanol–water partition coefficient (Wildman–Crippen LogP) is -3.09. The molecule has 8 heteroatoms. The van der Waals surface area contributed by atoms with E-state index in [0.29, 0.717) is 0 Å². The maximum atomic E-state index is 10.2. The normalized spacial score (nSPS) is 8.96. The molecule has 2 aromatic carbocycles. The van der Waals surface area contributed by atoms with E-state index in [9.17, 15) is 39.6 Å². The summed E-state index contributed by atoms with van der Waals surface area (Å²) in [6.07, 6.45) is 0. The van der Waals surface area contributed by atoms with Crippen molar-refractivity contribution in [3.05, 3.63) is 78.2 Å². The first-order chi connectivity index (χ1) is 11.2. The van der Waals surface area contributed by atoms with Crippen LogP contribution < -0.4 is 20.4 Å². The Hall–Kier alpha value is -3.68. The predicted molar refractivity (Wildman–Crippen MR) is 73.4 cm³/mol. The van der Waals surface area contributed by atoms with E-state index in [1.165, 1.54) is 0 Å².